The van der Waals surface area contributed by atoms with Crippen molar-refractivity contribution in [3.05, 3.63) is 64.2 Å². The molecule has 0 amide bonds. The Morgan fingerprint density at radius 2 is 1.74 bits per heavy atom. The zero-order chi connectivity index (χ0) is 16.8. The van der Waals surface area contributed by atoms with Crippen LogP contribution >= 0.6 is 11.6 Å². The van der Waals surface area contributed by atoms with Crippen molar-refractivity contribution in [2.45, 2.75) is 40.0 Å². The topological polar surface area (TPSA) is 26.3 Å². The number of esters is 1. The van der Waals surface area contributed by atoms with E-state index in [1.165, 1.54) is 5.56 Å². The van der Waals surface area contributed by atoms with Gasteiger partial charge in [0.05, 0.1) is 10.6 Å². The number of halogens is 1. The van der Waals surface area contributed by atoms with Crippen molar-refractivity contribution in [3.8, 4) is 5.75 Å². The zero-order valence-corrected chi connectivity index (χ0v) is 14.7. The lowest BCUT2D eigenvalue weighted by molar-refractivity contribution is 0.0735. The first-order valence-electron chi connectivity index (χ1n) is 8.10. The molecule has 23 heavy (non-hydrogen) atoms. The minimum absolute atomic E-state index is 0.389. The lowest BCUT2D eigenvalue weighted by Gasteiger charge is -2.13. The van der Waals surface area contributed by atoms with Crippen molar-refractivity contribution in [1.29, 1.82) is 0 Å². The number of ether oxygens (including phenoxy) is 1. The van der Waals surface area contributed by atoms with E-state index in [1.54, 1.807) is 18.2 Å². The third-order valence-corrected chi connectivity index (χ3v) is 4.46. The molecule has 2 aromatic rings. The van der Waals surface area contributed by atoms with E-state index in [1.807, 2.05) is 31.2 Å². The van der Waals surface area contributed by atoms with Crippen molar-refractivity contribution in [3.63, 3.8) is 0 Å². The Balaban J connectivity index is 2.08. The summed E-state index contributed by atoms with van der Waals surface area (Å²) in [6.07, 6.45) is 3.30. The van der Waals surface area contributed by atoms with Crippen LogP contribution in [-0.4, -0.2) is 5.97 Å². The highest BCUT2D eigenvalue weighted by Gasteiger charge is 2.12. The summed E-state index contributed by atoms with van der Waals surface area (Å²) >= 11 is 6.28. The molecule has 0 atom stereocenters. The molecule has 0 aliphatic carbocycles. The summed E-state index contributed by atoms with van der Waals surface area (Å²) in [6, 6.07) is 13.0. The second-order valence-electron chi connectivity index (χ2n) is 5.91. The summed E-state index contributed by atoms with van der Waals surface area (Å²) in [5, 5.41) is 0.480. The molecule has 122 valence electrons. The zero-order valence-electron chi connectivity index (χ0n) is 13.9. The predicted octanol–water partition coefficient (Wildman–Crippen LogP) is 5.85. The average Bonchev–Trinajstić information content (AvgIpc) is 2.55. The lowest BCUT2D eigenvalue weighted by atomic mass is 9.95. The van der Waals surface area contributed by atoms with Gasteiger partial charge in [-0.1, -0.05) is 62.1 Å². The number of carbonyl (C=O) groups excluding carboxylic acids is 1. The molecule has 2 aromatic carbocycles. The van der Waals surface area contributed by atoms with Crippen molar-refractivity contribution in [2.75, 3.05) is 0 Å². The van der Waals surface area contributed by atoms with Crippen LogP contribution in [0.4, 0.5) is 0 Å². The molecule has 0 heterocycles. The maximum absolute atomic E-state index is 12.2. The first kappa shape index (κ1) is 17.6. The standard InChI is InChI=1S/C20H23ClO2/c1-4-15(5-2)12-16-8-11-19(18(21)13-16)23-20(22)17-9-6-14(3)7-10-17/h6-11,13,15H,4-5,12H2,1-3H3. The molecule has 2 rings (SSSR count). The van der Waals surface area contributed by atoms with Crippen LogP contribution in [0.15, 0.2) is 42.5 Å². The van der Waals surface area contributed by atoms with Gasteiger partial charge in [-0.2, -0.15) is 0 Å². The Bertz CT molecular complexity index is 658. The molecule has 0 aliphatic heterocycles. The SMILES string of the molecule is CCC(CC)Cc1ccc(OC(=O)c2ccc(C)cc2)c(Cl)c1. The van der Waals surface area contributed by atoms with Crippen molar-refractivity contribution in [2.24, 2.45) is 5.92 Å². The third kappa shape index (κ3) is 4.84. The monoisotopic (exact) mass is 330 g/mol. The Morgan fingerprint density at radius 3 is 2.30 bits per heavy atom. The van der Waals surface area contributed by atoms with Gasteiger partial charge in [-0.15, -0.1) is 0 Å². The summed E-state index contributed by atoms with van der Waals surface area (Å²) in [7, 11) is 0. The Hall–Kier alpha value is -1.80. The normalized spacial score (nSPS) is 10.8. The van der Waals surface area contributed by atoms with Crippen LogP contribution in [0.5, 0.6) is 5.75 Å². The Kier molecular flexibility index (Phi) is 6.23. The molecule has 0 unspecified atom stereocenters. The third-order valence-electron chi connectivity index (χ3n) is 4.17. The van der Waals surface area contributed by atoms with E-state index < -0.39 is 0 Å². The van der Waals surface area contributed by atoms with Gasteiger partial charge in [0.25, 0.3) is 0 Å². The summed E-state index contributed by atoms with van der Waals surface area (Å²) in [5.74, 6) is 0.678. The quantitative estimate of drug-likeness (QED) is 0.491. The first-order valence-corrected chi connectivity index (χ1v) is 8.48. The minimum Gasteiger partial charge on any atom is -0.421 e. The van der Waals surface area contributed by atoms with Crippen LogP contribution < -0.4 is 4.74 Å². The largest absolute Gasteiger partial charge is 0.421 e. The van der Waals surface area contributed by atoms with Crippen molar-refractivity contribution >= 4 is 17.6 Å². The molecular weight excluding hydrogens is 308 g/mol. The van der Waals surface area contributed by atoms with Crippen LogP contribution in [0.1, 0.15) is 48.2 Å². The van der Waals surface area contributed by atoms with Gasteiger partial charge in [-0.25, -0.2) is 4.79 Å². The van der Waals surface area contributed by atoms with Gasteiger partial charge >= 0.3 is 5.97 Å². The van der Waals surface area contributed by atoms with Gasteiger partial charge in [-0.3, -0.25) is 0 Å². The number of hydrogen-bond acceptors (Lipinski definition) is 2. The van der Waals surface area contributed by atoms with E-state index in [9.17, 15) is 4.79 Å². The molecule has 0 saturated heterocycles. The fraction of sp³-hybridized carbons (Fsp3) is 0.350. The molecule has 0 N–H and O–H groups in total. The second-order valence-corrected chi connectivity index (χ2v) is 6.31. The fourth-order valence-electron chi connectivity index (χ4n) is 2.51. The van der Waals surface area contributed by atoms with E-state index in [-0.39, 0.29) is 5.97 Å². The summed E-state index contributed by atoms with van der Waals surface area (Å²) in [6.45, 7) is 6.38. The molecular formula is C20H23ClO2. The fourth-order valence-corrected chi connectivity index (χ4v) is 2.75. The maximum atomic E-state index is 12.2. The van der Waals surface area contributed by atoms with Crippen LogP contribution in [0.3, 0.4) is 0 Å². The van der Waals surface area contributed by atoms with Crippen molar-refractivity contribution < 1.29 is 9.53 Å². The second kappa shape index (κ2) is 8.16. The van der Waals surface area contributed by atoms with Crippen molar-refractivity contribution in [1.82, 2.24) is 0 Å². The number of carbonyl (C=O) groups is 1. The molecule has 0 bridgehead atoms. The maximum Gasteiger partial charge on any atom is 0.343 e. The van der Waals surface area contributed by atoms with E-state index in [4.69, 9.17) is 16.3 Å². The van der Waals surface area contributed by atoms with Crippen LogP contribution in [0.25, 0.3) is 0 Å². The van der Waals surface area contributed by atoms with E-state index in [2.05, 4.69) is 13.8 Å². The molecule has 0 aromatic heterocycles. The van der Waals surface area contributed by atoms with Crippen LogP contribution in [-0.2, 0) is 6.42 Å². The molecule has 0 aliphatic rings. The summed E-state index contributed by atoms with van der Waals surface area (Å²) in [4.78, 5) is 12.2. The van der Waals surface area contributed by atoms with E-state index in [0.717, 1.165) is 24.8 Å². The molecule has 0 saturated carbocycles. The van der Waals surface area contributed by atoms with Crippen LogP contribution in [0, 0.1) is 12.8 Å². The number of hydrogen-bond donors (Lipinski definition) is 0. The van der Waals surface area contributed by atoms with E-state index >= 15 is 0 Å². The number of rotatable bonds is 6. The van der Waals surface area contributed by atoms with Gasteiger partial charge in [0, 0.05) is 0 Å². The Morgan fingerprint density at radius 1 is 1.09 bits per heavy atom. The van der Waals surface area contributed by atoms with Gasteiger partial charge in [0.15, 0.2) is 0 Å². The molecule has 0 fully saturated rings. The predicted molar refractivity (Wildman–Crippen MR) is 95.4 cm³/mol. The Labute approximate surface area is 143 Å². The molecule has 2 nitrogen and oxygen atoms in total. The number of aryl methyl sites for hydroxylation is 1. The van der Waals surface area contributed by atoms with Gasteiger partial charge in [0.1, 0.15) is 5.75 Å². The highest BCUT2D eigenvalue weighted by Crippen LogP contribution is 2.28. The smallest absolute Gasteiger partial charge is 0.343 e. The lowest BCUT2D eigenvalue weighted by Crippen LogP contribution is -2.09. The minimum atomic E-state index is -0.389. The average molecular weight is 331 g/mol. The first-order chi connectivity index (χ1) is 11.0. The molecule has 0 radical (unpaired) electrons. The van der Waals surface area contributed by atoms with Gasteiger partial charge in [0.2, 0.25) is 0 Å². The van der Waals surface area contributed by atoms with E-state index in [0.29, 0.717) is 22.3 Å². The van der Waals surface area contributed by atoms with Gasteiger partial charge < -0.3 is 4.74 Å². The summed E-state index contributed by atoms with van der Waals surface area (Å²) in [5.41, 5.74) is 2.80. The molecule has 3 heteroatoms. The molecule has 0 spiro atoms. The number of benzene rings is 2. The summed E-state index contributed by atoms with van der Waals surface area (Å²) < 4.78 is 5.41. The highest BCUT2D eigenvalue weighted by atomic mass is 35.5. The van der Waals surface area contributed by atoms with Gasteiger partial charge in [-0.05, 0) is 49.1 Å². The highest BCUT2D eigenvalue weighted by molar-refractivity contribution is 6.32. The van der Waals surface area contributed by atoms with Crippen LogP contribution in [0.2, 0.25) is 5.02 Å².